The van der Waals surface area contributed by atoms with Crippen LogP contribution in [0.15, 0.2) is 17.1 Å². The van der Waals surface area contributed by atoms with Crippen molar-refractivity contribution in [3.05, 3.63) is 39.8 Å². The Kier molecular flexibility index (Phi) is 6.59. The molecule has 0 saturated carbocycles. The van der Waals surface area contributed by atoms with Crippen LogP contribution in [0.3, 0.4) is 0 Å². The average Bonchev–Trinajstić information content (AvgIpc) is 3.01. The first-order chi connectivity index (χ1) is 18.4. The van der Waals surface area contributed by atoms with Crippen LogP contribution < -0.4 is 20.1 Å². The van der Waals surface area contributed by atoms with Crippen LogP contribution in [-0.2, 0) is 4.74 Å². The number of fused-ring (bicyclic) bond motifs is 2. The lowest BCUT2D eigenvalue weighted by Gasteiger charge is -2.41. The molecule has 0 unspecified atom stereocenters. The van der Waals surface area contributed by atoms with Gasteiger partial charge in [-0.15, -0.1) is 0 Å². The first-order valence-corrected chi connectivity index (χ1v) is 12.9. The fourth-order valence-electron chi connectivity index (χ4n) is 5.10. The quantitative estimate of drug-likeness (QED) is 0.492. The molecular weight excluding hydrogens is 507 g/mol. The molecule has 0 aliphatic carbocycles. The van der Waals surface area contributed by atoms with E-state index >= 15 is 4.39 Å². The van der Waals surface area contributed by atoms with Crippen LogP contribution in [-0.4, -0.2) is 75.5 Å². The number of ether oxygens (including phenoxy) is 3. The predicted octanol–water partition coefficient (Wildman–Crippen LogP) is 3.57. The molecule has 1 fully saturated rings. The maximum absolute atomic E-state index is 16.1. The largest absolute Gasteiger partial charge is 0.479 e. The summed E-state index contributed by atoms with van der Waals surface area (Å²) in [5, 5.41) is 0.263. The fraction of sp³-hybridized carbons (Fsp3) is 0.519. The van der Waals surface area contributed by atoms with E-state index in [0.717, 1.165) is 5.56 Å². The van der Waals surface area contributed by atoms with E-state index in [-0.39, 0.29) is 53.6 Å². The van der Waals surface area contributed by atoms with Gasteiger partial charge in [0.1, 0.15) is 28.9 Å². The van der Waals surface area contributed by atoms with Gasteiger partial charge in [0.15, 0.2) is 0 Å². The van der Waals surface area contributed by atoms with E-state index in [9.17, 15) is 9.59 Å². The number of amides is 1. The molecule has 5 heterocycles. The van der Waals surface area contributed by atoms with Crippen molar-refractivity contribution in [3.8, 4) is 17.4 Å². The Morgan fingerprint density at radius 2 is 1.97 bits per heavy atom. The van der Waals surface area contributed by atoms with Gasteiger partial charge in [-0.2, -0.15) is 14.4 Å². The molecule has 0 N–H and O–H groups in total. The zero-order chi connectivity index (χ0) is 28.2. The summed E-state index contributed by atoms with van der Waals surface area (Å²) in [7, 11) is 1.31. The number of nitrogens with zero attached hydrogens (tertiary/aromatic N) is 6. The van der Waals surface area contributed by atoms with Gasteiger partial charge in [-0.05, 0) is 45.2 Å². The Labute approximate surface area is 225 Å². The highest BCUT2D eigenvalue weighted by atomic mass is 19.1. The van der Waals surface area contributed by atoms with E-state index in [1.807, 2.05) is 46.4 Å². The molecule has 11 nitrogen and oxygen atoms in total. The number of hydrogen-bond donors (Lipinski definition) is 0. The van der Waals surface area contributed by atoms with Crippen LogP contribution in [0.4, 0.5) is 15.0 Å². The molecule has 208 valence electrons. The number of hydrogen-bond acceptors (Lipinski definition) is 9. The van der Waals surface area contributed by atoms with E-state index in [0.29, 0.717) is 24.5 Å². The summed E-state index contributed by atoms with van der Waals surface area (Å²) in [5.41, 5.74) is 0.487. The smallest absolute Gasteiger partial charge is 0.410 e. The van der Waals surface area contributed by atoms with Crippen molar-refractivity contribution in [1.29, 1.82) is 0 Å². The molecular formula is C27H33FN6O5. The molecule has 0 radical (unpaired) electrons. The van der Waals surface area contributed by atoms with Gasteiger partial charge in [0.25, 0.3) is 5.88 Å². The van der Waals surface area contributed by atoms with Crippen molar-refractivity contribution in [1.82, 2.24) is 24.4 Å². The molecule has 5 rings (SSSR count). The zero-order valence-electron chi connectivity index (χ0n) is 23.2. The van der Waals surface area contributed by atoms with Gasteiger partial charge < -0.3 is 24.0 Å². The van der Waals surface area contributed by atoms with E-state index in [2.05, 4.69) is 15.0 Å². The normalized spacial score (nSPS) is 17.1. The number of anilines is 1. The van der Waals surface area contributed by atoms with Gasteiger partial charge in [0.05, 0.1) is 24.5 Å². The SMILES string of the molecule is COc1nc2c3c(nc(=O)n(-c4c(C)ccnc4C(C)C)c3c1F)N1CCN(C(=O)OC(C)(C)C)C[C@@H]1CO2. The molecule has 3 aromatic heterocycles. The Bertz CT molecular complexity index is 1520. The second-order valence-electron chi connectivity index (χ2n) is 11.1. The maximum Gasteiger partial charge on any atom is 0.410 e. The molecule has 39 heavy (non-hydrogen) atoms. The summed E-state index contributed by atoms with van der Waals surface area (Å²) in [5.74, 6) is -0.792. The molecule has 1 atom stereocenters. The number of carbonyl (C=O) groups excluding carboxylic acids is 1. The van der Waals surface area contributed by atoms with Gasteiger partial charge >= 0.3 is 11.8 Å². The Morgan fingerprint density at radius 1 is 1.23 bits per heavy atom. The van der Waals surface area contributed by atoms with Gasteiger partial charge in [0.2, 0.25) is 11.7 Å². The van der Waals surface area contributed by atoms with E-state index in [1.165, 1.54) is 11.7 Å². The summed E-state index contributed by atoms with van der Waals surface area (Å²) < 4.78 is 34.3. The summed E-state index contributed by atoms with van der Waals surface area (Å²) in [6.45, 7) is 12.3. The monoisotopic (exact) mass is 540 g/mol. The first kappa shape index (κ1) is 26.6. The summed E-state index contributed by atoms with van der Waals surface area (Å²) in [4.78, 5) is 43.3. The van der Waals surface area contributed by atoms with Crippen LogP contribution in [0.1, 0.15) is 51.8 Å². The van der Waals surface area contributed by atoms with Crippen LogP contribution in [0, 0.1) is 12.7 Å². The van der Waals surface area contributed by atoms with Crippen molar-refractivity contribution in [2.24, 2.45) is 0 Å². The van der Waals surface area contributed by atoms with Gasteiger partial charge in [-0.25, -0.2) is 9.59 Å². The number of piperazine rings is 1. The standard InChI is InChI=1S/C27H33FN6O5/c1-14(2)19-20(15(3)8-9-29-19)34-21-17-22(30-25(34)35)33-11-10-32(26(36)39-27(4,5)6)12-16(33)13-38-23(17)31-24(37-7)18(21)28/h8-9,14,16H,10-13H2,1-7H3/t16-/m1/s1. The fourth-order valence-corrected chi connectivity index (χ4v) is 5.10. The Morgan fingerprint density at radius 3 is 2.64 bits per heavy atom. The summed E-state index contributed by atoms with van der Waals surface area (Å²) in [6.07, 6.45) is 1.23. The molecule has 1 amide bonds. The van der Waals surface area contributed by atoms with E-state index in [4.69, 9.17) is 14.2 Å². The molecule has 12 heteroatoms. The highest BCUT2D eigenvalue weighted by Gasteiger charge is 2.38. The second kappa shape index (κ2) is 9.65. The van der Waals surface area contributed by atoms with Crippen LogP contribution in [0.2, 0.25) is 0 Å². The van der Waals surface area contributed by atoms with Crippen molar-refractivity contribution >= 4 is 22.8 Å². The lowest BCUT2D eigenvalue weighted by Crippen LogP contribution is -2.57. The number of methoxy groups -OCH3 is 1. The Balaban J connectivity index is 1.71. The molecule has 0 aromatic carbocycles. The minimum absolute atomic E-state index is 0.0416. The molecule has 2 aliphatic heterocycles. The number of pyridine rings is 2. The number of rotatable bonds is 3. The second-order valence-corrected chi connectivity index (χ2v) is 11.1. The topological polar surface area (TPSA) is 112 Å². The molecule has 1 saturated heterocycles. The van der Waals surface area contributed by atoms with E-state index in [1.54, 1.807) is 17.2 Å². The third kappa shape index (κ3) is 4.61. The molecule has 0 bridgehead atoms. The van der Waals surface area contributed by atoms with Crippen molar-refractivity contribution in [2.75, 3.05) is 38.3 Å². The highest BCUT2D eigenvalue weighted by molar-refractivity contribution is 5.96. The predicted molar refractivity (Wildman–Crippen MR) is 143 cm³/mol. The summed E-state index contributed by atoms with van der Waals surface area (Å²) in [6, 6.07) is 1.40. The molecule has 3 aromatic rings. The number of aromatic nitrogens is 4. The lowest BCUT2D eigenvalue weighted by molar-refractivity contribution is 0.0201. The lowest BCUT2D eigenvalue weighted by atomic mass is 10.0. The van der Waals surface area contributed by atoms with Crippen LogP contribution >= 0.6 is 0 Å². The highest BCUT2D eigenvalue weighted by Crippen LogP contribution is 2.40. The minimum Gasteiger partial charge on any atom is -0.479 e. The van der Waals surface area contributed by atoms with Crippen molar-refractivity contribution in [3.63, 3.8) is 0 Å². The van der Waals surface area contributed by atoms with Crippen LogP contribution in [0.5, 0.6) is 11.8 Å². The van der Waals surface area contributed by atoms with Crippen molar-refractivity contribution in [2.45, 2.75) is 59.1 Å². The van der Waals surface area contributed by atoms with E-state index < -0.39 is 23.2 Å². The van der Waals surface area contributed by atoms with Gasteiger partial charge in [-0.3, -0.25) is 9.55 Å². The summed E-state index contributed by atoms with van der Waals surface area (Å²) >= 11 is 0. The average molecular weight is 541 g/mol. The number of halogens is 1. The Hall–Kier alpha value is -3.96. The maximum atomic E-state index is 16.1. The molecule has 0 spiro atoms. The number of aryl methyl sites for hydroxylation is 1. The van der Waals surface area contributed by atoms with Crippen LogP contribution in [0.25, 0.3) is 16.6 Å². The van der Waals surface area contributed by atoms with Gasteiger partial charge in [0, 0.05) is 25.8 Å². The molecule has 2 aliphatic rings. The zero-order valence-corrected chi connectivity index (χ0v) is 23.2. The first-order valence-electron chi connectivity index (χ1n) is 12.9. The third-order valence-corrected chi connectivity index (χ3v) is 6.83. The van der Waals surface area contributed by atoms with Crippen molar-refractivity contribution < 1.29 is 23.4 Å². The number of carbonyl (C=O) groups is 1. The third-order valence-electron chi connectivity index (χ3n) is 6.83. The van der Waals surface area contributed by atoms with Gasteiger partial charge in [-0.1, -0.05) is 13.8 Å². The minimum atomic E-state index is -0.801.